The Morgan fingerprint density at radius 2 is 1.83 bits per heavy atom. The number of nitrogens with one attached hydrogen (secondary N) is 1. The SMILES string of the molecule is Cc1ccc(-n2c(C)nnc2SCC(=O)Nc2c(Cl)cccc2C(F)(F)F)cc1. The van der Waals surface area contributed by atoms with Crippen molar-refractivity contribution in [3.63, 3.8) is 0 Å². The van der Waals surface area contributed by atoms with E-state index < -0.39 is 23.3 Å². The fourth-order valence-corrected chi connectivity index (χ4v) is 3.64. The highest BCUT2D eigenvalue weighted by Crippen LogP contribution is 2.38. The molecule has 0 saturated heterocycles. The van der Waals surface area contributed by atoms with Gasteiger partial charge >= 0.3 is 6.18 Å². The third-order valence-electron chi connectivity index (χ3n) is 4.00. The molecule has 0 unspecified atom stereocenters. The molecule has 0 radical (unpaired) electrons. The summed E-state index contributed by atoms with van der Waals surface area (Å²) in [6, 6.07) is 11.0. The molecule has 0 aliphatic rings. The van der Waals surface area contributed by atoms with Crippen molar-refractivity contribution in [1.82, 2.24) is 14.8 Å². The zero-order chi connectivity index (χ0) is 21.2. The highest BCUT2D eigenvalue weighted by Gasteiger charge is 2.34. The van der Waals surface area contributed by atoms with Gasteiger partial charge in [0.1, 0.15) is 5.82 Å². The summed E-state index contributed by atoms with van der Waals surface area (Å²) in [5.74, 6) is -0.168. The van der Waals surface area contributed by atoms with E-state index in [-0.39, 0.29) is 10.8 Å². The molecule has 0 atom stereocenters. The molecule has 3 rings (SSSR count). The average Bonchev–Trinajstić information content (AvgIpc) is 3.02. The summed E-state index contributed by atoms with van der Waals surface area (Å²) in [6.07, 6.45) is -4.64. The van der Waals surface area contributed by atoms with E-state index in [1.807, 2.05) is 31.2 Å². The Labute approximate surface area is 174 Å². The van der Waals surface area contributed by atoms with Crippen molar-refractivity contribution >= 4 is 35.0 Å². The fourth-order valence-electron chi connectivity index (χ4n) is 2.62. The van der Waals surface area contributed by atoms with Gasteiger partial charge < -0.3 is 5.32 Å². The van der Waals surface area contributed by atoms with E-state index in [0.29, 0.717) is 11.0 Å². The second-order valence-corrected chi connectivity index (χ2v) is 7.55. The van der Waals surface area contributed by atoms with Crippen LogP contribution in [0.2, 0.25) is 5.02 Å². The summed E-state index contributed by atoms with van der Waals surface area (Å²) in [6.45, 7) is 3.74. The number of carbonyl (C=O) groups is 1. The largest absolute Gasteiger partial charge is 0.418 e. The third kappa shape index (κ3) is 4.91. The number of rotatable bonds is 5. The van der Waals surface area contributed by atoms with Crippen molar-refractivity contribution in [3.05, 3.63) is 64.4 Å². The van der Waals surface area contributed by atoms with Gasteiger partial charge in [-0.15, -0.1) is 10.2 Å². The van der Waals surface area contributed by atoms with Crippen LogP contribution in [0.5, 0.6) is 0 Å². The Balaban J connectivity index is 1.76. The molecule has 5 nitrogen and oxygen atoms in total. The summed E-state index contributed by atoms with van der Waals surface area (Å²) in [4.78, 5) is 12.3. The highest BCUT2D eigenvalue weighted by molar-refractivity contribution is 7.99. The Bertz CT molecular complexity index is 1030. The van der Waals surface area contributed by atoms with Gasteiger partial charge in [-0.05, 0) is 38.1 Å². The van der Waals surface area contributed by atoms with Gasteiger partial charge in [0.15, 0.2) is 5.16 Å². The first-order valence-corrected chi connectivity index (χ1v) is 9.80. The smallest absolute Gasteiger partial charge is 0.324 e. The van der Waals surface area contributed by atoms with Crippen molar-refractivity contribution < 1.29 is 18.0 Å². The van der Waals surface area contributed by atoms with Gasteiger partial charge in [-0.2, -0.15) is 13.2 Å². The van der Waals surface area contributed by atoms with E-state index in [9.17, 15) is 18.0 Å². The quantitative estimate of drug-likeness (QED) is 0.548. The first kappa shape index (κ1) is 21.2. The number of carbonyl (C=O) groups excluding carboxylic acids is 1. The van der Waals surface area contributed by atoms with Crippen LogP contribution < -0.4 is 5.32 Å². The molecule has 0 saturated carbocycles. The summed E-state index contributed by atoms with van der Waals surface area (Å²) >= 11 is 6.94. The van der Waals surface area contributed by atoms with E-state index in [4.69, 9.17) is 11.6 Å². The van der Waals surface area contributed by atoms with E-state index in [0.717, 1.165) is 29.1 Å². The molecule has 0 fully saturated rings. The van der Waals surface area contributed by atoms with Crippen LogP contribution >= 0.6 is 23.4 Å². The number of para-hydroxylation sites is 1. The molecular formula is C19H16ClF3N4OS. The highest BCUT2D eigenvalue weighted by atomic mass is 35.5. The van der Waals surface area contributed by atoms with Crippen LogP contribution in [0.4, 0.5) is 18.9 Å². The topological polar surface area (TPSA) is 59.8 Å². The Morgan fingerprint density at radius 1 is 1.14 bits per heavy atom. The summed E-state index contributed by atoms with van der Waals surface area (Å²) < 4.78 is 41.3. The van der Waals surface area contributed by atoms with Crippen LogP contribution in [-0.4, -0.2) is 26.4 Å². The summed E-state index contributed by atoms with van der Waals surface area (Å²) in [5, 5.41) is 10.6. The minimum absolute atomic E-state index is 0.160. The van der Waals surface area contributed by atoms with Crippen LogP contribution in [0.25, 0.3) is 5.69 Å². The zero-order valence-corrected chi connectivity index (χ0v) is 17.0. The number of aryl methyl sites for hydroxylation is 2. The number of hydrogen-bond donors (Lipinski definition) is 1. The van der Waals surface area contributed by atoms with Crippen molar-refractivity contribution in [1.29, 1.82) is 0 Å². The number of alkyl halides is 3. The lowest BCUT2D eigenvalue weighted by Crippen LogP contribution is -2.18. The first-order chi connectivity index (χ1) is 13.7. The number of hydrogen-bond acceptors (Lipinski definition) is 4. The molecule has 1 N–H and O–H groups in total. The van der Waals surface area contributed by atoms with E-state index >= 15 is 0 Å². The lowest BCUT2D eigenvalue weighted by molar-refractivity contribution is -0.137. The van der Waals surface area contributed by atoms with Crippen LogP contribution in [0, 0.1) is 13.8 Å². The molecule has 0 spiro atoms. The number of aromatic nitrogens is 3. The van der Waals surface area contributed by atoms with Crippen molar-refractivity contribution in [3.8, 4) is 5.69 Å². The van der Waals surface area contributed by atoms with Crippen LogP contribution in [0.15, 0.2) is 47.6 Å². The Kier molecular flexibility index (Phi) is 6.18. The molecule has 1 amide bonds. The maximum absolute atomic E-state index is 13.2. The number of anilines is 1. The van der Waals surface area contributed by atoms with Gasteiger partial charge in [-0.25, -0.2) is 0 Å². The van der Waals surface area contributed by atoms with Crippen molar-refractivity contribution in [2.24, 2.45) is 0 Å². The van der Waals surface area contributed by atoms with Gasteiger partial charge in [0.05, 0.1) is 22.0 Å². The van der Waals surface area contributed by atoms with Gasteiger partial charge in [0, 0.05) is 5.69 Å². The lowest BCUT2D eigenvalue weighted by atomic mass is 10.1. The number of thioether (sulfide) groups is 1. The van der Waals surface area contributed by atoms with Gasteiger partial charge in [0.25, 0.3) is 0 Å². The molecule has 29 heavy (non-hydrogen) atoms. The minimum atomic E-state index is -4.64. The Morgan fingerprint density at radius 3 is 2.48 bits per heavy atom. The first-order valence-electron chi connectivity index (χ1n) is 8.44. The molecular weight excluding hydrogens is 425 g/mol. The molecule has 1 heterocycles. The average molecular weight is 441 g/mol. The van der Waals surface area contributed by atoms with Crippen LogP contribution in [-0.2, 0) is 11.0 Å². The zero-order valence-electron chi connectivity index (χ0n) is 15.4. The number of halogens is 4. The second kappa shape index (κ2) is 8.46. The second-order valence-electron chi connectivity index (χ2n) is 6.20. The predicted octanol–water partition coefficient (Wildman–Crippen LogP) is 5.29. The maximum atomic E-state index is 13.2. The summed E-state index contributed by atoms with van der Waals surface area (Å²) in [7, 11) is 0. The van der Waals surface area contributed by atoms with E-state index in [1.165, 1.54) is 12.1 Å². The van der Waals surface area contributed by atoms with Gasteiger partial charge in [0.2, 0.25) is 5.91 Å². The molecule has 152 valence electrons. The fraction of sp³-hybridized carbons (Fsp3) is 0.211. The molecule has 10 heteroatoms. The maximum Gasteiger partial charge on any atom is 0.418 e. The Hall–Kier alpha value is -2.52. The molecule has 2 aromatic carbocycles. The van der Waals surface area contributed by atoms with Gasteiger partial charge in [-0.1, -0.05) is 47.1 Å². The van der Waals surface area contributed by atoms with Crippen LogP contribution in [0.1, 0.15) is 17.0 Å². The van der Waals surface area contributed by atoms with Gasteiger partial charge in [-0.3, -0.25) is 9.36 Å². The standard InChI is InChI=1S/C19H16ClF3N4OS/c1-11-6-8-13(9-7-11)27-12(2)25-26-18(27)29-10-16(28)24-17-14(19(21,22)23)4-3-5-15(17)20/h3-9H,10H2,1-2H3,(H,24,28). The number of benzene rings is 2. The van der Waals surface area contributed by atoms with Crippen LogP contribution in [0.3, 0.4) is 0 Å². The minimum Gasteiger partial charge on any atom is -0.324 e. The van der Waals surface area contributed by atoms with Crippen molar-refractivity contribution in [2.75, 3.05) is 11.1 Å². The molecule has 0 aliphatic heterocycles. The number of amides is 1. The number of nitrogens with zero attached hydrogens (tertiary/aromatic N) is 3. The van der Waals surface area contributed by atoms with E-state index in [2.05, 4.69) is 15.5 Å². The predicted molar refractivity (Wildman–Crippen MR) is 107 cm³/mol. The van der Waals surface area contributed by atoms with E-state index in [1.54, 1.807) is 11.5 Å². The normalized spacial score (nSPS) is 11.5. The molecule has 3 aromatic rings. The monoisotopic (exact) mass is 440 g/mol. The lowest BCUT2D eigenvalue weighted by Gasteiger charge is -2.15. The third-order valence-corrected chi connectivity index (χ3v) is 5.25. The molecule has 1 aromatic heterocycles. The summed E-state index contributed by atoms with van der Waals surface area (Å²) in [5.41, 5.74) is 0.463. The molecule has 0 aliphatic carbocycles. The molecule has 0 bridgehead atoms. The van der Waals surface area contributed by atoms with Crippen molar-refractivity contribution in [2.45, 2.75) is 25.2 Å².